The first-order chi connectivity index (χ1) is 13.2. The highest BCUT2D eigenvalue weighted by molar-refractivity contribution is 9.10. The van der Waals surface area contributed by atoms with E-state index < -0.39 is 9.84 Å². The van der Waals surface area contributed by atoms with Crippen LogP contribution in [0.5, 0.6) is 0 Å². The Labute approximate surface area is 175 Å². The van der Waals surface area contributed by atoms with Gasteiger partial charge in [-0.2, -0.15) is 0 Å². The standard InChI is InChI=1S/C20H27BrN2O4S/c1-13-5-3-4-6-17(13)22-19(25)8-10-28(26,27)18-12-16(21)11-15-7-9-23(14(2)24)20(15)18/h11-13,17H,3-10H2,1-2H3,(H,22,25). The zero-order valence-corrected chi connectivity index (χ0v) is 18.7. The second kappa shape index (κ2) is 8.53. The van der Waals surface area contributed by atoms with Crippen LogP contribution in [0.4, 0.5) is 5.69 Å². The maximum Gasteiger partial charge on any atom is 0.223 e. The minimum atomic E-state index is -3.71. The fourth-order valence-corrected chi connectivity index (χ4v) is 6.34. The van der Waals surface area contributed by atoms with Crippen LogP contribution in [0.3, 0.4) is 0 Å². The summed E-state index contributed by atoms with van der Waals surface area (Å²) in [6.07, 6.45) is 4.87. The van der Waals surface area contributed by atoms with Gasteiger partial charge in [0.15, 0.2) is 9.84 Å². The number of amides is 2. The van der Waals surface area contributed by atoms with Gasteiger partial charge in [-0.1, -0.05) is 35.7 Å². The molecule has 1 saturated carbocycles. The molecule has 1 aliphatic carbocycles. The Bertz CT molecular complexity index is 884. The van der Waals surface area contributed by atoms with E-state index in [0.29, 0.717) is 29.0 Å². The zero-order valence-electron chi connectivity index (χ0n) is 16.3. The molecule has 1 aromatic carbocycles. The third-order valence-corrected chi connectivity index (χ3v) is 7.94. The number of nitrogens with one attached hydrogen (secondary N) is 1. The third kappa shape index (κ3) is 4.59. The van der Waals surface area contributed by atoms with E-state index in [2.05, 4.69) is 28.2 Å². The number of hydrogen-bond donors (Lipinski definition) is 1. The highest BCUT2D eigenvalue weighted by Crippen LogP contribution is 2.38. The van der Waals surface area contributed by atoms with Gasteiger partial charge >= 0.3 is 0 Å². The first-order valence-electron chi connectivity index (χ1n) is 9.81. The van der Waals surface area contributed by atoms with Gasteiger partial charge in [0, 0.05) is 30.4 Å². The number of nitrogens with zero attached hydrogens (tertiary/aromatic N) is 1. The fraction of sp³-hybridized carbons (Fsp3) is 0.600. The van der Waals surface area contributed by atoms with Gasteiger partial charge in [0.05, 0.1) is 16.3 Å². The van der Waals surface area contributed by atoms with Crippen molar-refractivity contribution in [2.45, 2.75) is 63.3 Å². The van der Waals surface area contributed by atoms with Crippen molar-refractivity contribution in [3.8, 4) is 0 Å². The summed E-state index contributed by atoms with van der Waals surface area (Å²) in [4.78, 5) is 25.9. The van der Waals surface area contributed by atoms with Crippen molar-refractivity contribution in [1.29, 1.82) is 0 Å². The smallest absolute Gasteiger partial charge is 0.223 e. The number of halogens is 1. The van der Waals surface area contributed by atoms with Crippen molar-refractivity contribution in [3.63, 3.8) is 0 Å². The van der Waals surface area contributed by atoms with Crippen LogP contribution in [0.2, 0.25) is 0 Å². The number of sulfone groups is 1. The molecule has 0 radical (unpaired) electrons. The topological polar surface area (TPSA) is 83.6 Å². The minimum absolute atomic E-state index is 0.0765. The van der Waals surface area contributed by atoms with Crippen LogP contribution in [0.25, 0.3) is 0 Å². The first-order valence-corrected chi connectivity index (χ1v) is 12.3. The summed E-state index contributed by atoms with van der Waals surface area (Å²) in [7, 11) is -3.71. The van der Waals surface area contributed by atoms with Gasteiger partial charge in [0.25, 0.3) is 0 Å². The van der Waals surface area contributed by atoms with E-state index in [1.165, 1.54) is 24.3 Å². The molecule has 3 rings (SSSR count). The second-order valence-corrected chi connectivity index (χ2v) is 10.8. The molecular weight excluding hydrogens is 444 g/mol. The molecule has 0 aromatic heterocycles. The number of carbonyl (C=O) groups excluding carboxylic acids is 2. The number of fused-ring (bicyclic) bond motifs is 1. The molecule has 0 bridgehead atoms. The summed E-state index contributed by atoms with van der Waals surface area (Å²) >= 11 is 3.37. The SMILES string of the molecule is CC(=O)N1CCc2cc(Br)cc(S(=O)(=O)CCC(=O)NC3CCCCC3C)c21. The fourth-order valence-electron chi connectivity index (χ4n) is 4.17. The molecule has 1 fully saturated rings. The number of benzene rings is 1. The Morgan fingerprint density at radius 3 is 2.64 bits per heavy atom. The van der Waals surface area contributed by atoms with Crippen LogP contribution >= 0.6 is 15.9 Å². The molecule has 0 spiro atoms. The highest BCUT2D eigenvalue weighted by atomic mass is 79.9. The van der Waals surface area contributed by atoms with Crippen LogP contribution < -0.4 is 10.2 Å². The van der Waals surface area contributed by atoms with Gasteiger partial charge in [-0.25, -0.2) is 8.42 Å². The predicted molar refractivity (Wildman–Crippen MR) is 112 cm³/mol. The molecule has 2 amide bonds. The van der Waals surface area contributed by atoms with Gasteiger partial charge < -0.3 is 10.2 Å². The lowest BCUT2D eigenvalue weighted by Crippen LogP contribution is -2.41. The molecule has 2 aliphatic rings. The van der Waals surface area contributed by atoms with E-state index >= 15 is 0 Å². The van der Waals surface area contributed by atoms with Gasteiger partial charge in [-0.15, -0.1) is 0 Å². The lowest BCUT2D eigenvalue weighted by molar-refractivity contribution is -0.122. The molecule has 1 aromatic rings. The summed E-state index contributed by atoms with van der Waals surface area (Å²) in [6.45, 7) is 4.04. The summed E-state index contributed by atoms with van der Waals surface area (Å²) in [5.41, 5.74) is 1.31. The Hall–Kier alpha value is -1.41. The van der Waals surface area contributed by atoms with Crippen LogP contribution in [-0.2, 0) is 25.8 Å². The summed E-state index contributed by atoms with van der Waals surface area (Å²) < 4.78 is 26.7. The van der Waals surface area contributed by atoms with Crippen molar-refractivity contribution in [2.24, 2.45) is 5.92 Å². The van der Waals surface area contributed by atoms with E-state index in [9.17, 15) is 18.0 Å². The summed E-state index contributed by atoms with van der Waals surface area (Å²) in [6, 6.07) is 3.53. The molecule has 1 aliphatic heterocycles. The maximum atomic E-state index is 13.0. The first kappa shape index (κ1) is 21.3. The molecule has 2 unspecified atom stereocenters. The third-order valence-electron chi connectivity index (χ3n) is 5.76. The molecule has 2 atom stereocenters. The lowest BCUT2D eigenvalue weighted by Gasteiger charge is -2.29. The molecule has 6 nitrogen and oxygen atoms in total. The van der Waals surface area contributed by atoms with E-state index in [-0.39, 0.29) is 34.9 Å². The Kier molecular flexibility index (Phi) is 6.49. The van der Waals surface area contributed by atoms with Crippen LogP contribution in [0.15, 0.2) is 21.5 Å². The minimum Gasteiger partial charge on any atom is -0.353 e. The Morgan fingerprint density at radius 1 is 1.25 bits per heavy atom. The van der Waals surface area contributed by atoms with Crippen molar-refractivity contribution in [1.82, 2.24) is 5.32 Å². The lowest BCUT2D eigenvalue weighted by atomic mass is 9.86. The highest BCUT2D eigenvalue weighted by Gasteiger charge is 2.32. The van der Waals surface area contributed by atoms with E-state index in [1.54, 1.807) is 0 Å². The Morgan fingerprint density at radius 2 is 1.96 bits per heavy atom. The second-order valence-electron chi connectivity index (χ2n) is 7.84. The normalized spacial score (nSPS) is 22.0. The van der Waals surface area contributed by atoms with Crippen molar-refractivity contribution < 1.29 is 18.0 Å². The van der Waals surface area contributed by atoms with Crippen molar-refractivity contribution in [2.75, 3.05) is 17.2 Å². The summed E-state index contributed by atoms with van der Waals surface area (Å²) in [5, 5.41) is 3.01. The van der Waals surface area contributed by atoms with E-state index in [4.69, 9.17) is 0 Å². The van der Waals surface area contributed by atoms with Gasteiger partial charge in [-0.3, -0.25) is 9.59 Å². The number of carbonyl (C=O) groups is 2. The largest absolute Gasteiger partial charge is 0.353 e. The predicted octanol–water partition coefficient (Wildman–Crippen LogP) is 3.22. The van der Waals surface area contributed by atoms with Gasteiger partial charge in [0.1, 0.15) is 0 Å². The zero-order chi connectivity index (χ0) is 20.5. The average molecular weight is 471 g/mol. The monoisotopic (exact) mass is 470 g/mol. The number of anilines is 1. The van der Waals surface area contributed by atoms with Gasteiger partial charge in [-0.05, 0) is 42.9 Å². The van der Waals surface area contributed by atoms with Crippen LogP contribution in [-0.4, -0.2) is 38.6 Å². The molecule has 8 heteroatoms. The molecule has 1 heterocycles. The van der Waals surface area contributed by atoms with E-state index in [0.717, 1.165) is 24.8 Å². The molecule has 154 valence electrons. The Balaban J connectivity index is 1.75. The number of rotatable bonds is 5. The number of hydrogen-bond acceptors (Lipinski definition) is 4. The molecule has 1 N–H and O–H groups in total. The van der Waals surface area contributed by atoms with Gasteiger partial charge in [0.2, 0.25) is 11.8 Å². The average Bonchev–Trinajstić information content (AvgIpc) is 3.05. The summed E-state index contributed by atoms with van der Waals surface area (Å²) in [5.74, 6) is -0.250. The van der Waals surface area contributed by atoms with Crippen molar-refractivity contribution >= 4 is 43.3 Å². The maximum absolute atomic E-state index is 13.0. The molecule has 28 heavy (non-hydrogen) atoms. The van der Waals surface area contributed by atoms with E-state index in [1.807, 2.05) is 6.07 Å². The van der Waals surface area contributed by atoms with Crippen LogP contribution in [0, 0.1) is 5.92 Å². The van der Waals surface area contributed by atoms with Crippen molar-refractivity contribution in [3.05, 3.63) is 22.2 Å². The van der Waals surface area contributed by atoms with Crippen LogP contribution in [0.1, 0.15) is 51.5 Å². The molecule has 0 saturated heterocycles. The molecular formula is C20H27BrN2O4S. The quantitative estimate of drug-likeness (QED) is 0.715.